The second kappa shape index (κ2) is 4.78. The maximum Gasteiger partial charge on any atom is 0.336 e. The van der Waals surface area contributed by atoms with Crippen LogP contribution in [-0.2, 0) is 4.74 Å². The lowest BCUT2D eigenvalue weighted by Crippen LogP contribution is -2.46. The van der Waals surface area contributed by atoms with Crippen molar-refractivity contribution >= 4 is 11.9 Å². The number of amides is 1. The fourth-order valence-electron chi connectivity index (χ4n) is 1.97. The number of carboxylic acid groups (broad SMARTS) is 1. The van der Waals surface area contributed by atoms with Crippen LogP contribution in [0.15, 0.2) is 24.3 Å². The average Bonchev–Trinajstić information content (AvgIpc) is 2.75. The summed E-state index contributed by atoms with van der Waals surface area (Å²) >= 11 is 0. The molecular weight excluding hydrogens is 234 g/mol. The first-order valence-electron chi connectivity index (χ1n) is 5.74. The number of carboxylic acids is 1. The summed E-state index contributed by atoms with van der Waals surface area (Å²) in [7, 11) is 0. The maximum absolute atomic E-state index is 12.1. The van der Waals surface area contributed by atoms with Crippen molar-refractivity contribution in [1.82, 2.24) is 5.32 Å². The minimum Gasteiger partial charge on any atom is -0.478 e. The number of benzene rings is 1. The van der Waals surface area contributed by atoms with Crippen LogP contribution in [0.5, 0.6) is 0 Å². The van der Waals surface area contributed by atoms with Crippen LogP contribution in [0.3, 0.4) is 0 Å². The molecule has 96 valence electrons. The predicted molar refractivity (Wildman–Crippen MR) is 64.7 cm³/mol. The molecule has 1 aromatic carbocycles. The molecule has 1 unspecified atom stereocenters. The fourth-order valence-corrected chi connectivity index (χ4v) is 1.97. The summed E-state index contributed by atoms with van der Waals surface area (Å²) < 4.78 is 5.24. The van der Waals surface area contributed by atoms with Crippen LogP contribution in [0, 0.1) is 0 Å². The van der Waals surface area contributed by atoms with Gasteiger partial charge < -0.3 is 15.2 Å². The number of rotatable bonds is 3. The summed E-state index contributed by atoms with van der Waals surface area (Å²) in [6.07, 6.45) is 0.730. The lowest BCUT2D eigenvalue weighted by molar-refractivity contribution is 0.0689. The van der Waals surface area contributed by atoms with Crippen LogP contribution in [0.2, 0.25) is 0 Å². The molecule has 1 amide bonds. The van der Waals surface area contributed by atoms with E-state index in [0.717, 1.165) is 6.42 Å². The standard InChI is InChI=1S/C13H15NO4/c1-13(6-7-18-8-13)14-11(15)9-4-2-3-5-10(9)12(16)17/h2-5H,6-8H2,1H3,(H,14,15)(H,16,17). The first-order chi connectivity index (χ1) is 8.52. The highest BCUT2D eigenvalue weighted by Gasteiger charge is 2.32. The van der Waals surface area contributed by atoms with Crippen LogP contribution in [-0.4, -0.2) is 35.7 Å². The minimum absolute atomic E-state index is 0.0116. The minimum atomic E-state index is -1.10. The molecule has 1 heterocycles. The second-order valence-corrected chi connectivity index (χ2v) is 4.67. The van der Waals surface area contributed by atoms with Crippen molar-refractivity contribution < 1.29 is 19.4 Å². The van der Waals surface area contributed by atoms with Gasteiger partial charge in [-0.15, -0.1) is 0 Å². The Morgan fingerprint density at radius 2 is 2.00 bits per heavy atom. The van der Waals surface area contributed by atoms with Crippen molar-refractivity contribution in [3.8, 4) is 0 Å². The van der Waals surface area contributed by atoms with E-state index in [9.17, 15) is 9.59 Å². The third kappa shape index (κ3) is 2.51. The SMILES string of the molecule is CC1(NC(=O)c2ccccc2C(=O)O)CCOC1. The smallest absolute Gasteiger partial charge is 0.336 e. The summed E-state index contributed by atoms with van der Waals surface area (Å²) in [5, 5.41) is 11.9. The lowest BCUT2D eigenvalue weighted by Gasteiger charge is -2.23. The fraction of sp³-hybridized carbons (Fsp3) is 0.385. The Hall–Kier alpha value is -1.88. The van der Waals surface area contributed by atoms with Crippen molar-refractivity contribution in [2.75, 3.05) is 13.2 Å². The molecule has 0 bridgehead atoms. The van der Waals surface area contributed by atoms with Crippen molar-refractivity contribution in [3.63, 3.8) is 0 Å². The molecule has 2 N–H and O–H groups in total. The normalized spacial score (nSPS) is 22.7. The van der Waals surface area contributed by atoms with E-state index in [2.05, 4.69) is 5.32 Å². The molecular formula is C13H15NO4. The molecule has 18 heavy (non-hydrogen) atoms. The highest BCUT2D eigenvalue weighted by atomic mass is 16.5. The Balaban J connectivity index is 2.21. The van der Waals surface area contributed by atoms with E-state index in [1.165, 1.54) is 12.1 Å². The number of ether oxygens (including phenoxy) is 1. The number of aromatic carboxylic acids is 1. The van der Waals surface area contributed by atoms with Crippen LogP contribution >= 0.6 is 0 Å². The van der Waals surface area contributed by atoms with Crippen LogP contribution in [0.1, 0.15) is 34.1 Å². The molecule has 0 aromatic heterocycles. The van der Waals surface area contributed by atoms with Gasteiger partial charge in [0.05, 0.1) is 23.3 Å². The summed E-state index contributed by atoms with van der Waals surface area (Å²) in [5.41, 5.74) is -0.224. The molecule has 2 rings (SSSR count). The van der Waals surface area contributed by atoms with E-state index in [0.29, 0.717) is 13.2 Å². The van der Waals surface area contributed by atoms with E-state index in [1.807, 2.05) is 6.92 Å². The molecule has 5 nitrogen and oxygen atoms in total. The van der Waals surface area contributed by atoms with Gasteiger partial charge in [-0.25, -0.2) is 4.79 Å². The van der Waals surface area contributed by atoms with Crippen molar-refractivity contribution in [3.05, 3.63) is 35.4 Å². The van der Waals surface area contributed by atoms with Crippen molar-refractivity contribution in [2.24, 2.45) is 0 Å². The van der Waals surface area contributed by atoms with E-state index in [-0.39, 0.29) is 17.0 Å². The second-order valence-electron chi connectivity index (χ2n) is 4.67. The molecule has 1 saturated heterocycles. The van der Waals surface area contributed by atoms with Gasteiger partial charge in [0.2, 0.25) is 0 Å². The van der Waals surface area contributed by atoms with Crippen molar-refractivity contribution in [2.45, 2.75) is 18.9 Å². The Morgan fingerprint density at radius 1 is 1.33 bits per heavy atom. The lowest BCUT2D eigenvalue weighted by atomic mass is 10.00. The number of carbonyl (C=O) groups excluding carboxylic acids is 1. The first-order valence-corrected chi connectivity index (χ1v) is 5.74. The molecule has 1 fully saturated rings. The molecule has 1 aliphatic rings. The van der Waals surface area contributed by atoms with Gasteiger partial charge >= 0.3 is 5.97 Å². The van der Waals surface area contributed by atoms with Crippen molar-refractivity contribution in [1.29, 1.82) is 0 Å². The quantitative estimate of drug-likeness (QED) is 0.846. The number of carbonyl (C=O) groups is 2. The number of hydrogen-bond donors (Lipinski definition) is 2. The van der Waals surface area contributed by atoms with Gasteiger partial charge in [0.15, 0.2) is 0 Å². The van der Waals surface area contributed by atoms with Gasteiger partial charge in [-0.2, -0.15) is 0 Å². The maximum atomic E-state index is 12.1. The van der Waals surface area contributed by atoms with E-state index in [1.54, 1.807) is 12.1 Å². The van der Waals surface area contributed by atoms with E-state index in [4.69, 9.17) is 9.84 Å². The average molecular weight is 249 g/mol. The number of hydrogen-bond acceptors (Lipinski definition) is 3. The first kappa shape index (κ1) is 12.6. The summed E-state index contributed by atoms with van der Waals surface area (Å²) in [4.78, 5) is 23.1. The molecule has 1 aliphatic heterocycles. The Bertz CT molecular complexity index is 478. The van der Waals surface area contributed by atoms with Gasteiger partial charge in [-0.1, -0.05) is 12.1 Å². The van der Waals surface area contributed by atoms with Gasteiger partial charge in [0, 0.05) is 6.61 Å². The third-order valence-corrected chi connectivity index (χ3v) is 3.04. The third-order valence-electron chi connectivity index (χ3n) is 3.04. The Morgan fingerprint density at radius 3 is 2.56 bits per heavy atom. The Kier molecular flexibility index (Phi) is 3.34. The Labute approximate surface area is 105 Å². The van der Waals surface area contributed by atoms with Gasteiger partial charge in [-0.05, 0) is 25.5 Å². The molecule has 0 spiro atoms. The zero-order valence-electron chi connectivity index (χ0n) is 10.1. The number of nitrogens with one attached hydrogen (secondary N) is 1. The predicted octanol–water partition coefficient (Wildman–Crippen LogP) is 1.29. The highest BCUT2D eigenvalue weighted by molar-refractivity contribution is 6.05. The summed E-state index contributed by atoms with van der Waals surface area (Å²) in [6, 6.07) is 6.18. The van der Waals surface area contributed by atoms with E-state index >= 15 is 0 Å². The molecule has 1 aromatic rings. The topological polar surface area (TPSA) is 75.6 Å². The molecule has 1 atom stereocenters. The van der Waals surface area contributed by atoms with Crippen LogP contribution in [0.4, 0.5) is 0 Å². The highest BCUT2D eigenvalue weighted by Crippen LogP contribution is 2.19. The van der Waals surface area contributed by atoms with Gasteiger partial charge in [0.25, 0.3) is 5.91 Å². The van der Waals surface area contributed by atoms with Crippen LogP contribution in [0.25, 0.3) is 0 Å². The monoisotopic (exact) mass is 249 g/mol. The van der Waals surface area contributed by atoms with Crippen LogP contribution < -0.4 is 5.32 Å². The zero-order chi connectivity index (χ0) is 13.2. The van der Waals surface area contributed by atoms with E-state index < -0.39 is 11.5 Å². The van der Waals surface area contributed by atoms with Gasteiger partial charge in [-0.3, -0.25) is 4.79 Å². The largest absolute Gasteiger partial charge is 0.478 e. The summed E-state index contributed by atoms with van der Waals surface area (Å²) in [5.74, 6) is -1.48. The zero-order valence-corrected chi connectivity index (χ0v) is 10.1. The molecule has 0 radical (unpaired) electrons. The molecule has 0 saturated carbocycles. The molecule has 5 heteroatoms. The summed E-state index contributed by atoms with van der Waals surface area (Å²) in [6.45, 7) is 2.95. The van der Waals surface area contributed by atoms with Gasteiger partial charge in [0.1, 0.15) is 0 Å². The molecule has 0 aliphatic carbocycles.